The summed E-state index contributed by atoms with van der Waals surface area (Å²) in [6.07, 6.45) is 25.7. The van der Waals surface area contributed by atoms with E-state index >= 15 is 0 Å². The van der Waals surface area contributed by atoms with Gasteiger partial charge in [-0.15, -0.1) is 11.6 Å². The lowest BCUT2D eigenvalue weighted by Crippen LogP contribution is -3.00. The summed E-state index contributed by atoms with van der Waals surface area (Å²) in [5, 5.41) is 0. The van der Waals surface area contributed by atoms with E-state index in [-0.39, 0.29) is 17.0 Å². The van der Waals surface area contributed by atoms with Crippen LogP contribution in [0.3, 0.4) is 0 Å². The van der Waals surface area contributed by atoms with Crippen LogP contribution in [0.1, 0.15) is 122 Å². The molecule has 3 heteroatoms. The van der Waals surface area contributed by atoms with E-state index < -0.39 is 0 Å². The lowest BCUT2D eigenvalue weighted by atomic mass is 10.0. The fourth-order valence-electron chi connectivity index (χ4n) is 3.83. The van der Waals surface area contributed by atoms with E-state index in [1.54, 1.807) is 0 Å². The minimum atomic E-state index is 0. The van der Waals surface area contributed by atoms with Gasteiger partial charge in [0.05, 0.1) is 27.2 Å². The molecular weight excluding hydrogens is 418 g/mol. The second-order valence-corrected chi connectivity index (χ2v) is 9.46. The molecule has 0 saturated carbocycles. The van der Waals surface area contributed by atoms with Crippen LogP contribution in [0.15, 0.2) is 0 Å². The van der Waals surface area contributed by atoms with Crippen molar-refractivity contribution < 1.29 is 21.5 Å². The van der Waals surface area contributed by atoms with Crippen LogP contribution < -0.4 is 17.0 Å². The largest absolute Gasteiger partial charge is 1.00 e. The van der Waals surface area contributed by atoms with Crippen molar-refractivity contribution in [2.24, 2.45) is 0 Å². The highest BCUT2D eigenvalue weighted by Gasteiger charge is 2.13. The van der Waals surface area contributed by atoms with Crippen molar-refractivity contribution in [3.8, 4) is 0 Å². The molecule has 0 unspecified atom stereocenters. The highest BCUT2D eigenvalue weighted by atomic mass is 79.9. The molecule has 0 saturated heterocycles. The average Bonchev–Trinajstić information content (AvgIpc) is 2.61. The summed E-state index contributed by atoms with van der Waals surface area (Å²) < 4.78 is 1.18. The molecule has 0 aliphatic rings. The van der Waals surface area contributed by atoms with Gasteiger partial charge in [-0.1, -0.05) is 96.8 Å². The van der Waals surface area contributed by atoms with Gasteiger partial charge in [-0.05, 0) is 25.7 Å². The Balaban J connectivity index is 0. The van der Waals surface area contributed by atoms with Crippen molar-refractivity contribution in [3.05, 3.63) is 0 Å². The first-order valence-electron chi connectivity index (χ1n) is 12.0. The van der Waals surface area contributed by atoms with Crippen LogP contribution in [0.5, 0.6) is 0 Å². The third-order valence-electron chi connectivity index (χ3n) is 5.76. The lowest BCUT2D eigenvalue weighted by molar-refractivity contribution is -0.890. The Morgan fingerprint density at radius 2 is 0.778 bits per heavy atom. The number of quaternary nitrogens is 1. The maximum atomic E-state index is 5.77. The summed E-state index contributed by atoms with van der Waals surface area (Å²) in [5.41, 5.74) is 0. The molecule has 0 bridgehead atoms. The number of halogens is 2. The highest BCUT2D eigenvalue weighted by molar-refractivity contribution is 6.17. The summed E-state index contributed by atoms with van der Waals surface area (Å²) in [6.45, 7) is 4.91. The van der Waals surface area contributed by atoms with Crippen LogP contribution in [0.25, 0.3) is 0 Å². The Hall–Kier alpha value is 0.730. The molecule has 0 heterocycles. The summed E-state index contributed by atoms with van der Waals surface area (Å²) in [5.74, 6) is 0.818. The molecule has 0 fully saturated rings. The molecule has 0 amide bonds. The van der Waals surface area contributed by atoms with Crippen LogP contribution in [-0.2, 0) is 0 Å². The molecule has 0 atom stereocenters. The predicted molar refractivity (Wildman–Crippen MR) is 121 cm³/mol. The highest BCUT2D eigenvalue weighted by Crippen LogP contribution is 2.14. The molecule has 0 rings (SSSR count). The lowest BCUT2D eigenvalue weighted by Gasteiger charge is -2.29. The smallest absolute Gasteiger partial charge is 0.0782 e. The standard InChI is InChI=1S/C24H51ClN.BrH/c1-4-5-6-7-8-9-10-11-12-13-14-15-16-17-18-20-23-26(2,3)24-21-19-22-25;/h4-24H2,1-3H3;1H/q+1;/p-1. The molecule has 0 radical (unpaired) electrons. The van der Waals surface area contributed by atoms with Gasteiger partial charge in [0.25, 0.3) is 0 Å². The zero-order valence-electron chi connectivity index (χ0n) is 19.1. The predicted octanol–water partition coefficient (Wildman–Crippen LogP) is 5.35. The van der Waals surface area contributed by atoms with E-state index in [0.717, 1.165) is 5.88 Å². The van der Waals surface area contributed by atoms with Crippen molar-refractivity contribution in [2.75, 3.05) is 33.1 Å². The Kier molecular flexibility index (Phi) is 25.5. The summed E-state index contributed by atoms with van der Waals surface area (Å²) in [4.78, 5) is 0. The first-order chi connectivity index (χ1) is 12.6. The van der Waals surface area contributed by atoms with E-state index in [2.05, 4.69) is 21.0 Å². The SMILES string of the molecule is CCCCCCCCCCCCCCCCCC[N+](C)(C)CCCCCl.[Br-]. The third kappa shape index (κ3) is 24.7. The van der Waals surface area contributed by atoms with Crippen LogP contribution in [0.4, 0.5) is 0 Å². The van der Waals surface area contributed by atoms with Gasteiger partial charge in [0.15, 0.2) is 0 Å². The van der Waals surface area contributed by atoms with E-state index in [4.69, 9.17) is 11.6 Å². The van der Waals surface area contributed by atoms with Crippen LogP contribution in [0.2, 0.25) is 0 Å². The fourth-order valence-corrected chi connectivity index (χ4v) is 4.02. The molecule has 0 spiro atoms. The van der Waals surface area contributed by atoms with Crippen molar-refractivity contribution in [2.45, 2.75) is 122 Å². The molecule has 0 aliphatic carbocycles. The normalized spacial score (nSPS) is 11.6. The Bertz CT molecular complexity index is 271. The first kappa shape index (κ1) is 29.9. The van der Waals surface area contributed by atoms with Crippen molar-refractivity contribution in [1.29, 1.82) is 0 Å². The second-order valence-electron chi connectivity index (χ2n) is 9.08. The number of rotatable bonds is 21. The van der Waals surface area contributed by atoms with Crippen LogP contribution >= 0.6 is 11.6 Å². The van der Waals surface area contributed by atoms with Gasteiger partial charge < -0.3 is 21.5 Å². The molecule has 0 aliphatic heterocycles. The fraction of sp³-hybridized carbons (Fsp3) is 1.00. The van der Waals surface area contributed by atoms with Crippen LogP contribution in [0, 0.1) is 0 Å². The van der Waals surface area contributed by atoms with Crippen molar-refractivity contribution in [1.82, 2.24) is 0 Å². The van der Waals surface area contributed by atoms with E-state index in [9.17, 15) is 0 Å². The molecule has 1 nitrogen and oxygen atoms in total. The summed E-state index contributed by atoms with van der Waals surface area (Å²) in [6, 6.07) is 0. The molecule has 0 aromatic carbocycles. The van der Waals surface area contributed by atoms with Gasteiger partial charge in [0, 0.05) is 5.88 Å². The van der Waals surface area contributed by atoms with Crippen molar-refractivity contribution in [3.63, 3.8) is 0 Å². The molecule has 0 N–H and O–H groups in total. The zero-order chi connectivity index (χ0) is 19.3. The topological polar surface area (TPSA) is 0 Å². The van der Waals surface area contributed by atoms with E-state index in [1.165, 1.54) is 133 Å². The van der Waals surface area contributed by atoms with Gasteiger partial charge in [0.2, 0.25) is 0 Å². The van der Waals surface area contributed by atoms with Gasteiger partial charge in [-0.2, -0.15) is 0 Å². The quantitative estimate of drug-likeness (QED) is 0.121. The minimum Gasteiger partial charge on any atom is -1.00 e. The third-order valence-corrected chi connectivity index (χ3v) is 6.03. The number of hydrogen-bond acceptors (Lipinski definition) is 0. The van der Waals surface area contributed by atoms with Crippen molar-refractivity contribution >= 4 is 11.6 Å². The number of hydrogen-bond donors (Lipinski definition) is 0. The monoisotopic (exact) mass is 467 g/mol. The van der Waals surface area contributed by atoms with Gasteiger partial charge in [-0.25, -0.2) is 0 Å². The molecule has 0 aromatic heterocycles. The molecule has 27 heavy (non-hydrogen) atoms. The maximum Gasteiger partial charge on any atom is 0.0782 e. The summed E-state index contributed by atoms with van der Waals surface area (Å²) in [7, 11) is 4.75. The second kappa shape index (κ2) is 23.0. The molecule has 166 valence electrons. The Morgan fingerprint density at radius 1 is 0.481 bits per heavy atom. The minimum absolute atomic E-state index is 0. The van der Waals surface area contributed by atoms with E-state index in [1.807, 2.05) is 0 Å². The Labute approximate surface area is 188 Å². The number of unbranched alkanes of at least 4 members (excludes halogenated alkanes) is 16. The van der Waals surface area contributed by atoms with Crippen LogP contribution in [-0.4, -0.2) is 37.5 Å². The first-order valence-corrected chi connectivity index (χ1v) is 12.5. The number of alkyl halides is 1. The number of nitrogens with zero attached hydrogens (tertiary/aromatic N) is 1. The zero-order valence-corrected chi connectivity index (χ0v) is 21.4. The summed E-state index contributed by atoms with van der Waals surface area (Å²) >= 11 is 5.77. The van der Waals surface area contributed by atoms with Gasteiger partial charge >= 0.3 is 0 Å². The van der Waals surface area contributed by atoms with Gasteiger partial charge in [0.1, 0.15) is 0 Å². The Morgan fingerprint density at radius 3 is 1.11 bits per heavy atom. The average molecular weight is 469 g/mol. The van der Waals surface area contributed by atoms with E-state index in [0.29, 0.717) is 0 Å². The molecule has 0 aromatic rings. The van der Waals surface area contributed by atoms with Gasteiger partial charge in [-0.3, -0.25) is 0 Å². The molecular formula is C24H51BrClN. The maximum absolute atomic E-state index is 5.77.